The zero-order valence-electron chi connectivity index (χ0n) is 12.9. The normalized spacial score (nSPS) is 10.8. The average Bonchev–Trinajstić information content (AvgIpc) is 3.05. The zero-order valence-corrected chi connectivity index (χ0v) is 13.7. The lowest BCUT2D eigenvalue weighted by molar-refractivity contribution is -0.121. The van der Waals surface area contributed by atoms with Gasteiger partial charge in [0.15, 0.2) is 0 Å². The molecule has 0 aliphatic carbocycles. The molecular formula is C18H18N2O2S. The number of H-pyrrole nitrogens is 1. The molecule has 0 unspecified atom stereocenters. The molecule has 4 nitrogen and oxygen atoms in total. The van der Waals surface area contributed by atoms with Gasteiger partial charge in [0.05, 0.1) is 0 Å². The number of pyridine rings is 1. The number of amides is 1. The molecule has 0 spiro atoms. The molecule has 5 heteroatoms. The summed E-state index contributed by atoms with van der Waals surface area (Å²) in [5.41, 5.74) is 2.46. The molecule has 0 aliphatic heterocycles. The van der Waals surface area contributed by atoms with E-state index in [4.69, 9.17) is 0 Å². The van der Waals surface area contributed by atoms with Crippen molar-refractivity contribution in [1.29, 1.82) is 0 Å². The topological polar surface area (TPSA) is 62.0 Å². The Morgan fingerprint density at radius 1 is 1.26 bits per heavy atom. The van der Waals surface area contributed by atoms with Crippen molar-refractivity contribution in [3.05, 3.63) is 68.1 Å². The van der Waals surface area contributed by atoms with Gasteiger partial charge >= 0.3 is 0 Å². The summed E-state index contributed by atoms with van der Waals surface area (Å²) in [6, 6.07) is 11.7. The van der Waals surface area contributed by atoms with Crippen molar-refractivity contribution in [3.63, 3.8) is 0 Å². The van der Waals surface area contributed by atoms with Gasteiger partial charge in [0, 0.05) is 28.9 Å². The third kappa shape index (κ3) is 3.87. The van der Waals surface area contributed by atoms with Crippen LogP contribution in [0.25, 0.3) is 10.9 Å². The molecule has 2 heterocycles. The maximum absolute atomic E-state index is 11.9. The first-order valence-electron chi connectivity index (χ1n) is 7.53. The molecule has 3 rings (SSSR count). The molecule has 2 aromatic heterocycles. The van der Waals surface area contributed by atoms with Gasteiger partial charge < -0.3 is 10.3 Å². The molecule has 1 amide bonds. The van der Waals surface area contributed by atoms with Gasteiger partial charge in [-0.25, -0.2) is 0 Å². The number of rotatable bonds is 5. The first-order valence-corrected chi connectivity index (χ1v) is 8.41. The van der Waals surface area contributed by atoms with Crippen molar-refractivity contribution < 1.29 is 4.79 Å². The minimum Gasteiger partial charge on any atom is -0.352 e. The van der Waals surface area contributed by atoms with E-state index in [9.17, 15) is 9.59 Å². The van der Waals surface area contributed by atoms with Gasteiger partial charge in [-0.05, 0) is 53.9 Å². The Kier molecular flexibility index (Phi) is 4.57. The summed E-state index contributed by atoms with van der Waals surface area (Å²) in [5.74, 6) is 0.0520. The van der Waals surface area contributed by atoms with Crippen LogP contribution in [0.15, 0.2) is 46.6 Å². The van der Waals surface area contributed by atoms with Gasteiger partial charge in [-0.15, -0.1) is 11.3 Å². The van der Waals surface area contributed by atoms with E-state index in [0.717, 1.165) is 22.9 Å². The molecule has 0 bridgehead atoms. The van der Waals surface area contributed by atoms with Crippen molar-refractivity contribution >= 4 is 28.1 Å². The highest BCUT2D eigenvalue weighted by atomic mass is 32.1. The van der Waals surface area contributed by atoms with Crippen molar-refractivity contribution in [2.24, 2.45) is 0 Å². The van der Waals surface area contributed by atoms with E-state index in [-0.39, 0.29) is 11.5 Å². The Bertz CT molecular complexity index is 882. The lowest BCUT2D eigenvalue weighted by atomic mass is 10.1. The number of hydrogen-bond donors (Lipinski definition) is 2. The van der Waals surface area contributed by atoms with Gasteiger partial charge in [0.1, 0.15) is 0 Å². The molecule has 118 valence electrons. The zero-order chi connectivity index (χ0) is 16.2. The van der Waals surface area contributed by atoms with Crippen LogP contribution in [-0.2, 0) is 17.8 Å². The predicted molar refractivity (Wildman–Crippen MR) is 93.8 cm³/mol. The van der Waals surface area contributed by atoms with E-state index in [2.05, 4.69) is 10.3 Å². The Hall–Kier alpha value is -2.40. The van der Waals surface area contributed by atoms with Crippen molar-refractivity contribution in [3.8, 4) is 0 Å². The van der Waals surface area contributed by atoms with Crippen LogP contribution in [0.1, 0.15) is 22.4 Å². The molecule has 0 atom stereocenters. The molecule has 2 N–H and O–H groups in total. The number of carbonyl (C=O) groups is 1. The second-order valence-electron chi connectivity index (χ2n) is 5.56. The molecule has 1 aromatic carbocycles. The van der Waals surface area contributed by atoms with Crippen LogP contribution in [0.5, 0.6) is 0 Å². The SMILES string of the molecule is Cc1cc2cc(CNC(=O)CCc3cccs3)ccc2[nH]c1=O. The first kappa shape index (κ1) is 15.5. The number of hydrogen-bond acceptors (Lipinski definition) is 3. The minimum atomic E-state index is -0.0628. The summed E-state index contributed by atoms with van der Waals surface area (Å²) >= 11 is 1.67. The molecule has 0 saturated carbocycles. The van der Waals surface area contributed by atoms with E-state index in [0.29, 0.717) is 18.5 Å². The third-order valence-electron chi connectivity index (χ3n) is 3.76. The van der Waals surface area contributed by atoms with Gasteiger partial charge in [-0.3, -0.25) is 9.59 Å². The number of benzene rings is 1. The van der Waals surface area contributed by atoms with Crippen LogP contribution in [0.3, 0.4) is 0 Å². The van der Waals surface area contributed by atoms with Crippen LogP contribution in [0.4, 0.5) is 0 Å². The van der Waals surface area contributed by atoms with Crippen LogP contribution < -0.4 is 10.9 Å². The second-order valence-corrected chi connectivity index (χ2v) is 6.59. The standard InChI is InChI=1S/C18H18N2O2S/c1-12-9-14-10-13(4-6-16(14)20-18(12)22)11-19-17(21)7-5-15-3-2-8-23-15/h2-4,6,8-10H,5,7,11H2,1H3,(H,19,21)(H,20,22). The number of aromatic nitrogens is 1. The predicted octanol–water partition coefficient (Wildman–Crippen LogP) is 3.15. The summed E-state index contributed by atoms with van der Waals surface area (Å²) in [6.07, 6.45) is 1.28. The van der Waals surface area contributed by atoms with E-state index >= 15 is 0 Å². The van der Waals surface area contributed by atoms with Crippen LogP contribution in [-0.4, -0.2) is 10.9 Å². The number of nitrogens with one attached hydrogen (secondary N) is 2. The fraction of sp³-hybridized carbons (Fsp3) is 0.222. The fourth-order valence-corrected chi connectivity index (χ4v) is 3.16. The molecule has 0 saturated heterocycles. The Morgan fingerprint density at radius 2 is 2.13 bits per heavy atom. The molecule has 0 radical (unpaired) electrons. The highest BCUT2D eigenvalue weighted by molar-refractivity contribution is 7.09. The Balaban J connectivity index is 1.61. The fourth-order valence-electron chi connectivity index (χ4n) is 2.46. The van der Waals surface area contributed by atoms with Crippen LogP contribution >= 0.6 is 11.3 Å². The summed E-state index contributed by atoms with van der Waals surface area (Å²) < 4.78 is 0. The van der Waals surface area contributed by atoms with E-state index in [1.165, 1.54) is 4.88 Å². The largest absolute Gasteiger partial charge is 0.352 e. The highest BCUT2D eigenvalue weighted by Crippen LogP contribution is 2.14. The summed E-state index contributed by atoms with van der Waals surface area (Å²) in [4.78, 5) is 27.6. The average molecular weight is 326 g/mol. The Morgan fingerprint density at radius 3 is 2.91 bits per heavy atom. The maximum Gasteiger partial charge on any atom is 0.251 e. The Labute approximate surface area is 138 Å². The van der Waals surface area contributed by atoms with E-state index < -0.39 is 0 Å². The van der Waals surface area contributed by atoms with E-state index in [1.54, 1.807) is 18.3 Å². The number of fused-ring (bicyclic) bond motifs is 1. The molecule has 23 heavy (non-hydrogen) atoms. The van der Waals surface area contributed by atoms with Crippen LogP contribution in [0, 0.1) is 6.92 Å². The first-order chi connectivity index (χ1) is 11.1. The number of thiophene rings is 1. The van der Waals surface area contributed by atoms with Gasteiger partial charge in [0.2, 0.25) is 5.91 Å². The summed E-state index contributed by atoms with van der Waals surface area (Å²) in [6.45, 7) is 2.29. The summed E-state index contributed by atoms with van der Waals surface area (Å²) in [5, 5.41) is 5.95. The van der Waals surface area contributed by atoms with Gasteiger partial charge in [0.25, 0.3) is 5.56 Å². The van der Waals surface area contributed by atoms with E-state index in [1.807, 2.05) is 41.8 Å². The molecule has 0 aliphatic rings. The lowest BCUT2D eigenvalue weighted by Crippen LogP contribution is -2.22. The summed E-state index contributed by atoms with van der Waals surface area (Å²) in [7, 11) is 0. The second kappa shape index (κ2) is 6.79. The van der Waals surface area contributed by atoms with Gasteiger partial charge in [-0.2, -0.15) is 0 Å². The third-order valence-corrected chi connectivity index (χ3v) is 4.70. The smallest absolute Gasteiger partial charge is 0.251 e. The monoisotopic (exact) mass is 326 g/mol. The minimum absolute atomic E-state index is 0.0520. The molecular weight excluding hydrogens is 308 g/mol. The molecule has 0 fully saturated rings. The molecule has 3 aromatic rings. The quantitative estimate of drug-likeness (QED) is 0.756. The van der Waals surface area contributed by atoms with Crippen molar-refractivity contribution in [1.82, 2.24) is 10.3 Å². The van der Waals surface area contributed by atoms with Crippen molar-refractivity contribution in [2.75, 3.05) is 0 Å². The maximum atomic E-state index is 11.9. The van der Waals surface area contributed by atoms with Crippen LogP contribution in [0.2, 0.25) is 0 Å². The van der Waals surface area contributed by atoms with Crippen molar-refractivity contribution in [2.45, 2.75) is 26.3 Å². The number of carbonyl (C=O) groups excluding carboxylic acids is 1. The highest BCUT2D eigenvalue weighted by Gasteiger charge is 2.04. The lowest BCUT2D eigenvalue weighted by Gasteiger charge is -2.07. The number of aromatic amines is 1. The van der Waals surface area contributed by atoms with Gasteiger partial charge in [-0.1, -0.05) is 12.1 Å². The number of aryl methyl sites for hydroxylation is 2.